The average Bonchev–Trinajstić information content (AvgIpc) is 2.49. The third kappa shape index (κ3) is 6.34. The summed E-state index contributed by atoms with van der Waals surface area (Å²) in [6.07, 6.45) is 1.16. The van der Waals surface area contributed by atoms with Gasteiger partial charge in [-0.1, -0.05) is 0 Å². The number of hydrogen-bond donors (Lipinski definition) is 0. The number of halogens is 1. The van der Waals surface area contributed by atoms with Crippen LogP contribution in [0.2, 0.25) is 0 Å². The summed E-state index contributed by atoms with van der Waals surface area (Å²) < 4.78 is 8.58. The van der Waals surface area contributed by atoms with Gasteiger partial charge in [0.2, 0.25) is 0 Å². The summed E-state index contributed by atoms with van der Waals surface area (Å²) in [4.78, 5) is 11.5. The predicted molar refractivity (Wildman–Crippen MR) is 89.7 cm³/mol. The quantitative estimate of drug-likeness (QED) is 0.659. The van der Waals surface area contributed by atoms with E-state index < -0.39 is 0 Å². The van der Waals surface area contributed by atoms with Crippen LogP contribution in [0.5, 0.6) is 5.75 Å². The van der Waals surface area contributed by atoms with Crippen molar-refractivity contribution in [3.8, 4) is 5.75 Å². The van der Waals surface area contributed by atoms with Gasteiger partial charge in [-0.2, -0.15) is 0 Å². The molecule has 0 aromatic heterocycles. The number of hydrogen-bond acceptors (Lipinski definition) is 2. The number of carbonyl (C=O) groups excluding carboxylic acids is 1. The first-order valence-corrected chi connectivity index (χ1v) is 10.1. The van der Waals surface area contributed by atoms with E-state index in [1.165, 1.54) is 7.14 Å². The molecule has 0 unspecified atom stereocenters. The van der Waals surface area contributed by atoms with E-state index in [2.05, 4.69) is 69.3 Å². The van der Waals surface area contributed by atoms with Crippen molar-refractivity contribution >= 4 is 5.78 Å². The SMILES string of the molecule is CCC(=O)Cc1ccc([I-]c2ccc(OC(C)(C)C)cc2)cc1. The maximum absolute atomic E-state index is 11.5. The molecule has 0 heterocycles. The molecule has 0 saturated carbocycles. The molecule has 0 aliphatic heterocycles. The molecule has 2 aromatic carbocycles. The van der Waals surface area contributed by atoms with Crippen molar-refractivity contribution in [1.29, 1.82) is 0 Å². The van der Waals surface area contributed by atoms with Gasteiger partial charge in [-0.3, -0.25) is 0 Å². The Bertz CT molecular complexity index is 637. The summed E-state index contributed by atoms with van der Waals surface area (Å²) in [5, 5.41) is 0. The molecular formula is C20H24IO2-. The molecule has 0 fully saturated rings. The fourth-order valence-electron chi connectivity index (χ4n) is 2.06. The second-order valence-electron chi connectivity index (χ2n) is 6.46. The van der Waals surface area contributed by atoms with E-state index in [1.807, 2.05) is 6.92 Å². The summed E-state index contributed by atoms with van der Waals surface area (Å²) >= 11 is -0.196. The number of ketones is 1. The number of benzene rings is 2. The molecule has 23 heavy (non-hydrogen) atoms. The maximum atomic E-state index is 11.5. The first-order chi connectivity index (χ1) is 10.9. The van der Waals surface area contributed by atoms with Gasteiger partial charge >= 0.3 is 150 Å². The topological polar surface area (TPSA) is 26.3 Å². The standard InChI is InChI=1S/C20H24IO2/c1-5-18(22)14-15-6-8-16(9-7-15)21-17-10-12-19(13-11-17)23-20(2,3)4/h6-13H,5,14H2,1-4H3/q-1. The minimum atomic E-state index is -0.196. The molecule has 124 valence electrons. The van der Waals surface area contributed by atoms with Gasteiger partial charge in [-0.05, 0) is 0 Å². The van der Waals surface area contributed by atoms with E-state index in [9.17, 15) is 4.79 Å². The Labute approximate surface area is 149 Å². The van der Waals surface area contributed by atoms with Crippen molar-refractivity contribution in [3.05, 3.63) is 61.2 Å². The molecule has 0 aliphatic rings. The van der Waals surface area contributed by atoms with Crippen LogP contribution in [0.25, 0.3) is 0 Å². The molecule has 0 radical (unpaired) electrons. The van der Waals surface area contributed by atoms with Gasteiger partial charge in [-0.25, -0.2) is 0 Å². The fourth-order valence-corrected chi connectivity index (χ4v) is 4.22. The van der Waals surface area contributed by atoms with Crippen LogP contribution in [0.4, 0.5) is 0 Å². The molecule has 0 amide bonds. The monoisotopic (exact) mass is 423 g/mol. The molecule has 2 nitrogen and oxygen atoms in total. The number of Topliss-reactive ketones (excluding diaryl/α,β-unsaturated/α-hetero) is 1. The fraction of sp³-hybridized carbons (Fsp3) is 0.350. The Morgan fingerprint density at radius 2 is 1.48 bits per heavy atom. The van der Waals surface area contributed by atoms with Gasteiger partial charge in [-0.15, -0.1) is 0 Å². The molecule has 2 rings (SSSR count). The van der Waals surface area contributed by atoms with Crippen LogP contribution < -0.4 is 25.9 Å². The van der Waals surface area contributed by atoms with Crippen molar-refractivity contribution in [2.24, 2.45) is 0 Å². The zero-order chi connectivity index (χ0) is 16.9. The van der Waals surface area contributed by atoms with Crippen LogP contribution in [-0.2, 0) is 11.2 Å². The van der Waals surface area contributed by atoms with E-state index in [0.717, 1.165) is 11.3 Å². The van der Waals surface area contributed by atoms with Crippen LogP contribution in [0, 0.1) is 7.14 Å². The molecule has 0 spiro atoms. The second kappa shape index (κ2) is 7.95. The first kappa shape index (κ1) is 18.0. The Balaban J connectivity index is 1.98. The normalized spacial score (nSPS) is 11.5. The van der Waals surface area contributed by atoms with Gasteiger partial charge < -0.3 is 0 Å². The van der Waals surface area contributed by atoms with Gasteiger partial charge in [0.1, 0.15) is 0 Å². The Kier molecular flexibility index (Phi) is 6.22. The molecular weight excluding hydrogens is 399 g/mol. The van der Waals surface area contributed by atoms with Crippen LogP contribution >= 0.6 is 0 Å². The zero-order valence-corrected chi connectivity index (χ0v) is 16.4. The van der Waals surface area contributed by atoms with E-state index in [4.69, 9.17) is 4.74 Å². The first-order valence-electron chi connectivity index (χ1n) is 7.90. The van der Waals surface area contributed by atoms with Crippen LogP contribution in [-0.4, -0.2) is 11.4 Å². The molecule has 0 atom stereocenters. The summed E-state index contributed by atoms with van der Waals surface area (Å²) in [5.74, 6) is 1.21. The summed E-state index contributed by atoms with van der Waals surface area (Å²) in [5.41, 5.74) is 0.945. The van der Waals surface area contributed by atoms with Crippen molar-refractivity contribution in [2.45, 2.75) is 46.1 Å². The van der Waals surface area contributed by atoms with E-state index in [0.29, 0.717) is 18.6 Å². The third-order valence-electron chi connectivity index (χ3n) is 3.16. The predicted octanol–water partition coefficient (Wildman–Crippen LogP) is 1.51. The molecule has 2 aromatic rings. The number of rotatable bonds is 6. The van der Waals surface area contributed by atoms with Crippen molar-refractivity contribution in [1.82, 2.24) is 0 Å². The Morgan fingerprint density at radius 1 is 0.957 bits per heavy atom. The van der Waals surface area contributed by atoms with Crippen LogP contribution in [0.3, 0.4) is 0 Å². The molecule has 0 saturated heterocycles. The summed E-state index contributed by atoms with van der Waals surface area (Å²) in [7, 11) is 0. The average molecular weight is 423 g/mol. The van der Waals surface area contributed by atoms with Gasteiger partial charge in [0.05, 0.1) is 0 Å². The Morgan fingerprint density at radius 3 is 1.96 bits per heavy atom. The number of carbonyl (C=O) groups is 1. The van der Waals surface area contributed by atoms with Gasteiger partial charge in [0.15, 0.2) is 0 Å². The van der Waals surface area contributed by atoms with Crippen LogP contribution in [0.1, 0.15) is 39.7 Å². The van der Waals surface area contributed by atoms with E-state index in [-0.39, 0.29) is 26.8 Å². The molecule has 0 N–H and O–H groups in total. The van der Waals surface area contributed by atoms with Crippen molar-refractivity contribution < 1.29 is 30.7 Å². The Hall–Kier alpha value is -1.36. The molecule has 3 heteroatoms. The molecule has 0 bridgehead atoms. The van der Waals surface area contributed by atoms with E-state index in [1.54, 1.807) is 0 Å². The summed E-state index contributed by atoms with van der Waals surface area (Å²) in [6, 6.07) is 16.9. The van der Waals surface area contributed by atoms with Gasteiger partial charge in [0.25, 0.3) is 0 Å². The van der Waals surface area contributed by atoms with Crippen LogP contribution in [0.15, 0.2) is 48.5 Å². The number of ether oxygens (including phenoxy) is 1. The van der Waals surface area contributed by atoms with Gasteiger partial charge in [0, 0.05) is 0 Å². The third-order valence-corrected chi connectivity index (χ3v) is 5.85. The molecule has 0 aliphatic carbocycles. The minimum absolute atomic E-state index is 0.164. The zero-order valence-electron chi connectivity index (χ0n) is 14.2. The second-order valence-corrected chi connectivity index (χ2v) is 9.49. The van der Waals surface area contributed by atoms with Crippen molar-refractivity contribution in [3.63, 3.8) is 0 Å². The van der Waals surface area contributed by atoms with Crippen molar-refractivity contribution in [2.75, 3.05) is 0 Å². The summed E-state index contributed by atoms with van der Waals surface area (Å²) in [6.45, 7) is 8.07. The van der Waals surface area contributed by atoms with E-state index >= 15 is 0 Å².